The summed E-state index contributed by atoms with van der Waals surface area (Å²) in [6, 6.07) is 0. The van der Waals surface area contributed by atoms with Gasteiger partial charge in [0.05, 0.1) is 0 Å². The van der Waals surface area contributed by atoms with E-state index in [1.807, 2.05) is 0 Å². The molecule has 1 fully saturated rings. The standard InChI is InChI=1S/C5H12NO2PS/c7-9(8,10)6-4-2-1-3-5-6/h1-5H2,(H2,7,8,10)/p-2. The average Bonchev–Trinajstić information content (AvgIpc) is 1.88. The van der Waals surface area contributed by atoms with E-state index in [0.29, 0.717) is 13.1 Å². The molecule has 60 valence electrons. The van der Waals surface area contributed by atoms with Crippen LogP contribution in [0.1, 0.15) is 19.3 Å². The second kappa shape index (κ2) is 3.28. The maximum atomic E-state index is 10.8. The molecular weight excluding hydrogens is 169 g/mol. The Balaban J connectivity index is 2.47. The van der Waals surface area contributed by atoms with Crippen LogP contribution in [0.3, 0.4) is 0 Å². The van der Waals surface area contributed by atoms with E-state index in [0.717, 1.165) is 19.3 Å². The minimum Gasteiger partial charge on any atom is -0.821 e. The molecule has 0 N–H and O–H groups in total. The average molecular weight is 179 g/mol. The fourth-order valence-electron chi connectivity index (χ4n) is 1.12. The molecule has 0 atom stereocenters. The minimum absolute atomic E-state index is 0.629. The van der Waals surface area contributed by atoms with Gasteiger partial charge in [0.1, 0.15) is 0 Å². The van der Waals surface area contributed by atoms with Gasteiger partial charge >= 0.3 is 0 Å². The normalized spacial score (nSPS) is 23.0. The van der Waals surface area contributed by atoms with Gasteiger partial charge in [0.25, 0.3) is 0 Å². The van der Waals surface area contributed by atoms with Crippen LogP contribution in [-0.2, 0) is 11.8 Å². The van der Waals surface area contributed by atoms with Crippen molar-refractivity contribution < 1.29 is 9.79 Å². The van der Waals surface area contributed by atoms with Crippen LogP contribution < -0.4 is 9.79 Å². The first-order chi connectivity index (χ1) is 4.61. The highest BCUT2D eigenvalue weighted by molar-refractivity contribution is 8.06. The van der Waals surface area contributed by atoms with Crippen molar-refractivity contribution in [3.05, 3.63) is 0 Å². The van der Waals surface area contributed by atoms with Gasteiger partial charge in [-0.15, -0.1) is 18.4 Å². The van der Waals surface area contributed by atoms with Crippen molar-refractivity contribution in [2.24, 2.45) is 0 Å². The Kier molecular flexibility index (Phi) is 2.83. The maximum absolute atomic E-state index is 10.8. The second-order valence-corrected chi connectivity index (χ2v) is 5.37. The SMILES string of the molecule is [O-]P([O-])(=S)N1CCCCC1. The molecule has 0 amide bonds. The predicted molar refractivity (Wildman–Crippen MR) is 39.7 cm³/mol. The van der Waals surface area contributed by atoms with E-state index in [1.165, 1.54) is 4.67 Å². The van der Waals surface area contributed by atoms with Crippen molar-refractivity contribution in [2.75, 3.05) is 13.1 Å². The summed E-state index contributed by atoms with van der Waals surface area (Å²) in [6.45, 7) is -2.32. The van der Waals surface area contributed by atoms with Crippen LogP contribution in [0.25, 0.3) is 0 Å². The molecule has 0 saturated carbocycles. The van der Waals surface area contributed by atoms with E-state index in [9.17, 15) is 9.79 Å². The lowest BCUT2D eigenvalue weighted by atomic mass is 10.2. The summed E-state index contributed by atoms with van der Waals surface area (Å²) in [6.07, 6.45) is 3.05. The van der Waals surface area contributed by atoms with Gasteiger partial charge in [0.15, 0.2) is 0 Å². The smallest absolute Gasteiger partial charge is 0.000404 e. The van der Waals surface area contributed by atoms with Crippen molar-refractivity contribution in [3.63, 3.8) is 0 Å². The van der Waals surface area contributed by atoms with Gasteiger partial charge in [0.2, 0.25) is 0 Å². The number of rotatable bonds is 1. The van der Waals surface area contributed by atoms with E-state index < -0.39 is 6.64 Å². The van der Waals surface area contributed by atoms with Crippen molar-refractivity contribution in [3.8, 4) is 0 Å². The van der Waals surface area contributed by atoms with Crippen LogP contribution in [0.5, 0.6) is 0 Å². The lowest BCUT2D eigenvalue weighted by molar-refractivity contribution is -0.309. The molecule has 0 radical (unpaired) electrons. The van der Waals surface area contributed by atoms with Gasteiger partial charge < -0.3 is 14.5 Å². The molecule has 0 aromatic heterocycles. The molecule has 1 saturated heterocycles. The van der Waals surface area contributed by atoms with E-state index in [4.69, 9.17) is 0 Å². The third-order valence-electron chi connectivity index (χ3n) is 1.68. The summed E-state index contributed by atoms with van der Waals surface area (Å²) in [5.74, 6) is 0. The zero-order valence-corrected chi connectivity index (χ0v) is 7.37. The summed E-state index contributed by atoms with van der Waals surface area (Å²) in [5, 5.41) is 0. The van der Waals surface area contributed by atoms with Crippen molar-refractivity contribution in [1.82, 2.24) is 4.67 Å². The van der Waals surface area contributed by atoms with Gasteiger partial charge in [-0.25, -0.2) is 0 Å². The number of nitrogens with zero attached hydrogens (tertiary/aromatic N) is 1. The zero-order chi connectivity index (χ0) is 7.61. The molecular formula is C5H10NO2PS-2. The van der Waals surface area contributed by atoms with Gasteiger partial charge in [-0.1, -0.05) is 6.42 Å². The van der Waals surface area contributed by atoms with Crippen LogP contribution in [0.2, 0.25) is 0 Å². The largest absolute Gasteiger partial charge is 0.821 e. The molecule has 1 heterocycles. The molecule has 0 aromatic rings. The lowest BCUT2D eigenvalue weighted by Crippen LogP contribution is -2.36. The topological polar surface area (TPSA) is 49.4 Å². The van der Waals surface area contributed by atoms with Gasteiger partial charge in [-0.05, 0) is 12.8 Å². The second-order valence-electron chi connectivity index (χ2n) is 2.48. The van der Waals surface area contributed by atoms with Crippen LogP contribution >= 0.6 is 6.64 Å². The van der Waals surface area contributed by atoms with Gasteiger partial charge in [-0.2, -0.15) is 0 Å². The Bertz CT molecular complexity index is 152. The highest BCUT2D eigenvalue weighted by atomic mass is 32.5. The maximum Gasteiger partial charge on any atom is 0.000404 e. The Morgan fingerprint density at radius 1 is 1.10 bits per heavy atom. The Morgan fingerprint density at radius 2 is 1.60 bits per heavy atom. The fraction of sp³-hybridized carbons (Fsp3) is 1.00. The van der Waals surface area contributed by atoms with Crippen LogP contribution in [-0.4, -0.2) is 17.8 Å². The summed E-state index contributed by atoms with van der Waals surface area (Å²) in [7, 11) is 0. The summed E-state index contributed by atoms with van der Waals surface area (Å²) in [5.41, 5.74) is 0. The lowest BCUT2D eigenvalue weighted by Gasteiger charge is -2.48. The summed E-state index contributed by atoms with van der Waals surface area (Å²) >= 11 is 4.33. The fourth-order valence-corrected chi connectivity index (χ4v) is 2.38. The van der Waals surface area contributed by atoms with Crippen LogP contribution in [0.15, 0.2) is 0 Å². The summed E-state index contributed by atoms with van der Waals surface area (Å²) in [4.78, 5) is 21.5. The first-order valence-corrected chi connectivity index (χ1v) is 5.97. The highest BCUT2D eigenvalue weighted by Crippen LogP contribution is 2.33. The van der Waals surface area contributed by atoms with Crippen molar-refractivity contribution in [2.45, 2.75) is 19.3 Å². The Labute approximate surface area is 65.9 Å². The van der Waals surface area contributed by atoms with Crippen LogP contribution in [0.4, 0.5) is 0 Å². The van der Waals surface area contributed by atoms with Crippen molar-refractivity contribution >= 4 is 18.4 Å². The van der Waals surface area contributed by atoms with E-state index >= 15 is 0 Å². The van der Waals surface area contributed by atoms with E-state index in [-0.39, 0.29) is 0 Å². The molecule has 1 aliphatic rings. The molecule has 0 spiro atoms. The Morgan fingerprint density at radius 3 is 1.90 bits per heavy atom. The molecule has 10 heavy (non-hydrogen) atoms. The molecule has 1 rings (SSSR count). The third kappa shape index (κ3) is 2.29. The van der Waals surface area contributed by atoms with E-state index in [1.54, 1.807) is 0 Å². The predicted octanol–water partition coefficient (Wildman–Crippen LogP) is -0.583. The molecule has 0 unspecified atom stereocenters. The molecule has 0 aromatic carbocycles. The molecule has 3 nitrogen and oxygen atoms in total. The zero-order valence-electron chi connectivity index (χ0n) is 5.65. The molecule has 1 aliphatic heterocycles. The van der Waals surface area contributed by atoms with E-state index in [2.05, 4.69) is 11.8 Å². The monoisotopic (exact) mass is 179 g/mol. The summed E-state index contributed by atoms with van der Waals surface area (Å²) < 4.78 is 1.39. The van der Waals surface area contributed by atoms with Gasteiger partial charge in [0, 0.05) is 13.1 Å². The first kappa shape index (κ1) is 8.62. The molecule has 0 aliphatic carbocycles. The van der Waals surface area contributed by atoms with Crippen LogP contribution in [0, 0.1) is 0 Å². The molecule has 5 heteroatoms. The Hall–Kier alpha value is 0.530. The first-order valence-electron chi connectivity index (χ1n) is 3.38. The quantitative estimate of drug-likeness (QED) is 0.505. The minimum atomic E-state index is -3.57. The van der Waals surface area contributed by atoms with Crippen molar-refractivity contribution in [1.29, 1.82) is 0 Å². The van der Waals surface area contributed by atoms with Gasteiger partial charge in [-0.3, -0.25) is 0 Å². The number of piperidine rings is 1. The number of hydrogen-bond acceptors (Lipinski definition) is 3. The number of hydrogen-bond donors (Lipinski definition) is 0. The molecule has 0 bridgehead atoms. The highest BCUT2D eigenvalue weighted by Gasteiger charge is 2.09. The third-order valence-corrected chi connectivity index (χ3v) is 3.46.